The Morgan fingerprint density at radius 2 is 2.14 bits per heavy atom. The molecule has 0 spiro atoms. The van der Waals surface area contributed by atoms with Crippen molar-refractivity contribution in [1.82, 2.24) is 5.32 Å². The first-order valence-corrected chi connectivity index (χ1v) is 7.11. The Labute approximate surface area is 125 Å². The Kier molecular flexibility index (Phi) is 5.43. The number of hydrogen-bond acceptors (Lipinski definition) is 3. The smallest absolute Gasteiger partial charge is 0.220 e. The zero-order valence-electron chi connectivity index (χ0n) is 12.5. The quantitative estimate of drug-likeness (QED) is 0.852. The Bertz CT molecular complexity index is 576. The number of methoxy groups -OCH3 is 1. The van der Waals surface area contributed by atoms with Crippen LogP contribution in [0.25, 0.3) is 0 Å². The minimum Gasteiger partial charge on any atom is -0.496 e. The zero-order chi connectivity index (χ0) is 15.1. The van der Waals surface area contributed by atoms with Crippen molar-refractivity contribution in [2.24, 2.45) is 0 Å². The molecule has 0 atom stereocenters. The Hall–Kier alpha value is -2.23. The molecule has 0 aliphatic carbocycles. The number of benzene rings is 1. The number of ether oxygens (including phenoxy) is 1. The molecule has 4 nitrogen and oxygen atoms in total. The number of amides is 1. The molecule has 0 radical (unpaired) electrons. The maximum Gasteiger partial charge on any atom is 0.220 e. The normalized spacial score (nSPS) is 10.4. The van der Waals surface area contributed by atoms with E-state index in [1.165, 1.54) is 5.56 Å². The Morgan fingerprint density at radius 3 is 2.86 bits per heavy atom. The van der Waals surface area contributed by atoms with Crippen LogP contribution in [0.4, 0.5) is 0 Å². The fourth-order valence-corrected chi connectivity index (χ4v) is 2.22. The summed E-state index contributed by atoms with van der Waals surface area (Å²) >= 11 is 0. The van der Waals surface area contributed by atoms with Gasteiger partial charge in [-0.25, -0.2) is 0 Å². The van der Waals surface area contributed by atoms with E-state index in [9.17, 15) is 4.79 Å². The summed E-state index contributed by atoms with van der Waals surface area (Å²) in [6, 6.07) is 9.78. The molecule has 0 fully saturated rings. The van der Waals surface area contributed by atoms with Gasteiger partial charge in [-0.15, -0.1) is 0 Å². The lowest BCUT2D eigenvalue weighted by atomic mass is 10.1. The van der Waals surface area contributed by atoms with Gasteiger partial charge in [0.1, 0.15) is 11.5 Å². The van der Waals surface area contributed by atoms with E-state index in [-0.39, 0.29) is 5.91 Å². The average Bonchev–Trinajstić information content (AvgIpc) is 2.99. The van der Waals surface area contributed by atoms with E-state index in [1.807, 2.05) is 31.2 Å². The molecule has 0 aliphatic rings. The van der Waals surface area contributed by atoms with Crippen LogP contribution in [-0.2, 0) is 17.6 Å². The lowest BCUT2D eigenvalue weighted by molar-refractivity contribution is -0.121. The van der Waals surface area contributed by atoms with E-state index >= 15 is 0 Å². The van der Waals surface area contributed by atoms with Gasteiger partial charge >= 0.3 is 0 Å². The first-order valence-electron chi connectivity index (χ1n) is 7.11. The van der Waals surface area contributed by atoms with E-state index in [0.717, 1.165) is 23.5 Å². The number of carbonyl (C=O) groups is 1. The lowest BCUT2D eigenvalue weighted by Crippen LogP contribution is -2.25. The predicted octanol–water partition coefficient (Wildman–Crippen LogP) is 2.89. The van der Waals surface area contributed by atoms with Gasteiger partial charge in [-0.3, -0.25) is 4.79 Å². The molecule has 0 unspecified atom stereocenters. The van der Waals surface area contributed by atoms with Gasteiger partial charge in [0.25, 0.3) is 0 Å². The minimum absolute atomic E-state index is 0.0398. The summed E-state index contributed by atoms with van der Waals surface area (Å²) in [5, 5.41) is 2.93. The second-order valence-electron chi connectivity index (χ2n) is 4.99. The molecule has 1 aromatic heterocycles. The molecule has 112 valence electrons. The van der Waals surface area contributed by atoms with Gasteiger partial charge in [-0.1, -0.05) is 17.7 Å². The van der Waals surface area contributed by atoms with Crippen molar-refractivity contribution in [3.63, 3.8) is 0 Å². The number of hydrogen-bond donors (Lipinski definition) is 1. The standard InChI is InChI=1S/C17H21NO3/c1-13-5-7-16(20-2)14(12-13)9-10-18-17(19)8-6-15-4-3-11-21-15/h3-5,7,11-12H,6,8-10H2,1-2H3,(H,18,19). The third-order valence-electron chi connectivity index (χ3n) is 3.33. The molecule has 21 heavy (non-hydrogen) atoms. The Morgan fingerprint density at radius 1 is 1.29 bits per heavy atom. The average molecular weight is 287 g/mol. The molecule has 1 N–H and O–H groups in total. The molecule has 4 heteroatoms. The van der Waals surface area contributed by atoms with E-state index < -0.39 is 0 Å². The van der Waals surface area contributed by atoms with Crippen LogP contribution in [0.2, 0.25) is 0 Å². The highest BCUT2D eigenvalue weighted by molar-refractivity contribution is 5.76. The van der Waals surface area contributed by atoms with Crippen LogP contribution in [0, 0.1) is 6.92 Å². The van der Waals surface area contributed by atoms with Crippen LogP contribution in [-0.4, -0.2) is 19.6 Å². The van der Waals surface area contributed by atoms with Gasteiger partial charge < -0.3 is 14.5 Å². The summed E-state index contributed by atoms with van der Waals surface area (Å²) in [6.07, 6.45) is 3.46. The van der Waals surface area contributed by atoms with Gasteiger partial charge in [-0.2, -0.15) is 0 Å². The van der Waals surface area contributed by atoms with Crippen molar-refractivity contribution >= 4 is 5.91 Å². The SMILES string of the molecule is COc1ccc(C)cc1CCNC(=O)CCc1ccco1. The third kappa shape index (κ3) is 4.67. The van der Waals surface area contributed by atoms with Crippen LogP contribution < -0.4 is 10.1 Å². The molecule has 1 heterocycles. The van der Waals surface area contributed by atoms with Crippen molar-refractivity contribution in [1.29, 1.82) is 0 Å². The van der Waals surface area contributed by atoms with Gasteiger partial charge in [0.05, 0.1) is 13.4 Å². The molecule has 1 amide bonds. The van der Waals surface area contributed by atoms with Crippen LogP contribution in [0.15, 0.2) is 41.0 Å². The first-order chi connectivity index (χ1) is 10.2. The summed E-state index contributed by atoms with van der Waals surface area (Å²) in [5.74, 6) is 1.74. The molecule has 0 aliphatic heterocycles. The van der Waals surface area contributed by atoms with Gasteiger partial charge in [0.15, 0.2) is 0 Å². The first kappa shape index (κ1) is 15.2. The molecule has 0 bridgehead atoms. The summed E-state index contributed by atoms with van der Waals surface area (Å²) in [6.45, 7) is 2.65. The summed E-state index contributed by atoms with van der Waals surface area (Å²) in [7, 11) is 1.66. The molecule has 0 saturated carbocycles. The fraction of sp³-hybridized carbons (Fsp3) is 0.353. The number of rotatable bonds is 7. The van der Waals surface area contributed by atoms with E-state index in [2.05, 4.69) is 11.4 Å². The predicted molar refractivity (Wildman–Crippen MR) is 81.5 cm³/mol. The topological polar surface area (TPSA) is 51.5 Å². The molecular formula is C17H21NO3. The monoisotopic (exact) mass is 287 g/mol. The highest BCUT2D eigenvalue weighted by Crippen LogP contribution is 2.19. The fourth-order valence-electron chi connectivity index (χ4n) is 2.22. The zero-order valence-corrected chi connectivity index (χ0v) is 12.5. The van der Waals surface area contributed by atoms with Crippen LogP contribution in [0.3, 0.4) is 0 Å². The van der Waals surface area contributed by atoms with E-state index in [0.29, 0.717) is 19.4 Å². The molecule has 2 rings (SSSR count). The maximum atomic E-state index is 11.8. The van der Waals surface area contributed by atoms with E-state index in [1.54, 1.807) is 13.4 Å². The third-order valence-corrected chi connectivity index (χ3v) is 3.33. The van der Waals surface area contributed by atoms with Crippen molar-refractivity contribution in [2.75, 3.05) is 13.7 Å². The van der Waals surface area contributed by atoms with Crippen molar-refractivity contribution < 1.29 is 13.9 Å². The largest absolute Gasteiger partial charge is 0.496 e. The van der Waals surface area contributed by atoms with E-state index in [4.69, 9.17) is 9.15 Å². The van der Waals surface area contributed by atoms with Gasteiger partial charge in [0, 0.05) is 19.4 Å². The molecular weight excluding hydrogens is 266 g/mol. The number of nitrogens with one attached hydrogen (secondary N) is 1. The molecule has 1 aromatic carbocycles. The number of furan rings is 1. The Balaban J connectivity index is 1.76. The van der Waals surface area contributed by atoms with Gasteiger partial charge in [0.2, 0.25) is 5.91 Å². The maximum absolute atomic E-state index is 11.8. The summed E-state index contributed by atoms with van der Waals surface area (Å²) in [5.41, 5.74) is 2.30. The van der Waals surface area contributed by atoms with Crippen LogP contribution in [0.1, 0.15) is 23.3 Å². The summed E-state index contributed by atoms with van der Waals surface area (Å²) in [4.78, 5) is 11.8. The lowest BCUT2D eigenvalue weighted by Gasteiger charge is -2.10. The molecule has 2 aromatic rings. The van der Waals surface area contributed by atoms with Crippen molar-refractivity contribution in [3.8, 4) is 5.75 Å². The van der Waals surface area contributed by atoms with Crippen molar-refractivity contribution in [2.45, 2.75) is 26.2 Å². The van der Waals surface area contributed by atoms with Crippen molar-refractivity contribution in [3.05, 3.63) is 53.5 Å². The van der Waals surface area contributed by atoms with Crippen LogP contribution >= 0.6 is 0 Å². The molecule has 0 saturated heterocycles. The highest BCUT2D eigenvalue weighted by atomic mass is 16.5. The number of aryl methyl sites for hydroxylation is 2. The van der Waals surface area contributed by atoms with Crippen LogP contribution in [0.5, 0.6) is 5.75 Å². The number of carbonyl (C=O) groups excluding carboxylic acids is 1. The van der Waals surface area contributed by atoms with Gasteiger partial charge in [-0.05, 0) is 37.1 Å². The minimum atomic E-state index is 0.0398. The second-order valence-corrected chi connectivity index (χ2v) is 4.99. The highest BCUT2D eigenvalue weighted by Gasteiger charge is 2.06. The summed E-state index contributed by atoms with van der Waals surface area (Å²) < 4.78 is 10.5. The second kappa shape index (κ2) is 7.53.